The predicted octanol–water partition coefficient (Wildman–Crippen LogP) is 3.06. The van der Waals surface area contributed by atoms with Crippen molar-refractivity contribution in [3.05, 3.63) is 59.4 Å². The Bertz CT molecular complexity index is 1080. The summed E-state index contributed by atoms with van der Waals surface area (Å²) >= 11 is 0. The zero-order chi connectivity index (χ0) is 19.1. The molecule has 0 bridgehead atoms. The summed E-state index contributed by atoms with van der Waals surface area (Å²) in [6, 6.07) is 10.7. The highest BCUT2D eigenvalue weighted by molar-refractivity contribution is 7.89. The molecule has 4 N–H and O–H groups in total. The fraction of sp³-hybridized carbons (Fsp3) is 0.167. The van der Waals surface area contributed by atoms with E-state index < -0.39 is 22.0 Å². The summed E-state index contributed by atoms with van der Waals surface area (Å²) in [7, 11) is -3.81. The second-order valence-corrected chi connectivity index (χ2v) is 7.74. The van der Waals surface area contributed by atoms with Crippen molar-refractivity contribution in [1.29, 1.82) is 0 Å². The Kier molecular flexibility index (Phi) is 4.47. The Balaban J connectivity index is 1.94. The number of benzene rings is 2. The first-order valence-electron chi connectivity index (χ1n) is 7.83. The second kappa shape index (κ2) is 6.47. The standard InChI is InChI=1S/C18H18N2O5S/c1-10-15-9-14(7-8-16(15)25-17(10)18(21)22)26(23,24)20-11(2)12-3-5-13(19)6-4-12/h3-9,11,20H,19H2,1-2H3,(H,21,22). The minimum Gasteiger partial charge on any atom is -0.475 e. The number of nitrogens with two attached hydrogens (primary N) is 1. The average Bonchev–Trinajstić information content (AvgIpc) is 2.92. The molecule has 136 valence electrons. The number of nitrogen functional groups attached to an aromatic ring is 1. The van der Waals surface area contributed by atoms with E-state index in [1.807, 2.05) is 0 Å². The highest BCUT2D eigenvalue weighted by Crippen LogP contribution is 2.28. The molecule has 3 rings (SSSR count). The van der Waals surface area contributed by atoms with E-state index in [1.165, 1.54) is 18.2 Å². The molecule has 26 heavy (non-hydrogen) atoms. The van der Waals surface area contributed by atoms with Gasteiger partial charge in [-0.25, -0.2) is 17.9 Å². The van der Waals surface area contributed by atoms with Gasteiger partial charge in [-0.2, -0.15) is 0 Å². The SMILES string of the molecule is Cc1c(C(=O)O)oc2ccc(S(=O)(=O)NC(C)c3ccc(N)cc3)cc12. The fourth-order valence-electron chi connectivity index (χ4n) is 2.72. The van der Waals surface area contributed by atoms with Crippen LogP contribution >= 0.6 is 0 Å². The first-order chi connectivity index (χ1) is 12.2. The number of carboxylic acids is 1. The lowest BCUT2D eigenvalue weighted by Gasteiger charge is -2.15. The minimum atomic E-state index is -3.81. The van der Waals surface area contributed by atoms with Gasteiger partial charge in [0.05, 0.1) is 4.90 Å². The van der Waals surface area contributed by atoms with Gasteiger partial charge in [0.25, 0.3) is 0 Å². The minimum absolute atomic E-state index is 0.0353. The van der Waals surface area contributed by atoms with Gasteiger partial charge in [0, 0.05) is 22.7 Å². The third kappa shape index (κ3) is 3.29. The number of carbonyl (C=O) groups is 1. The van der Waals surface area contributed by atoms with Crippen LogP contribution in [-0.2, 0) is 10.0 Å². The molecule has 0 aliphatic carbocycles. The van der Waals surface area contributed by atoms with Crippen LogP contribution in [0.25, 0.3) is 11.0 Å². The van der Waals surface area contributed by atoms with E-state index in [-0.39, 0.29) is 10.7 Å². The van der Waals surface area contributed by atoms with Crippen LogP contribution in [0.1, 0.15) is 34.6 Å². The molecule has 3 aromatic rings. The number of hydrogen-bond donors (Lipinski definition) is 3. The van der Waals surface area contributed by atoms with E-state index in [4.69, 9.17) is 15.3 Å². The van der Waals surface area contributed by atoms with Gasteiger partial charge in [-0.1, -0.05) is 12.1 Å². The number of anilines is 1. The van der Waals surface area contributed by atoms with Gasteiger partial charge in [0.2, 0.25) is 15.8 Å². The molecule has 0 saturated heterocycles. The Morgan fingerprint density at radius 1 is 1.19 bits per heavy atom. The Morgan fingerprint density at radius 3 is 2.46 bits per heavy atom. The quantitative estimate of drug-likeness (QED) is 0.590. The molecule has 1 atom stereocenters. The zero-order valence-electron chi connectivity index (χ0n) is 14.2. The topological polar surface area (TPSA) is 123 Å². The number of hydrogen-bond acceptors (Lipinski definition) is 5. The summed E-state index contributed by atoms with van der Waals surface area (Å²) in [6.45, 7) is 3.31. The van der Waals surface area contributed by atoms with Crippen LogP contribution in [0.4, 0.5) is 5.69 Å². The normalized spacial score (nSPS) is 13.0. The van der Waals surface area contributed by atoms with Gasteiger partial charge >= 0.3 is 5.97 Å². The zero-order valence-corrected chi connectivity index (χ0v) is 15.0. The first-order valence-corrected chi connectivity index (χ1v) is 9.31. The number of furan rings is 1. The molecule has 0 aliphatic heterocycles. The molecule has 7 nitrogen and oxygen atoms in total. The molecule has 0 spiro atoms. The van der Waals surface area contributed by atoms with Crippen LogP contribution in [0.5, 0.6) is 0 Å². The maximum Gasteiger partial charge on any atom is 0.372 e. The van der Waals surface area contributed by atoms with Crippen LogP contribution in [0.2, 0.25) is 0 Å². The molecular weight excluding hydrogens is 356 g/mol. The van der Waals surface area contributed by atoms with Gasteiger partial charge in [-0.3, -0.25) is 0 Å². The summed E-state index contributed by atoms with van der Waals surface area (Å²) in [5, 5.41) is 9.58. The molecule has 1 unspecified atom stereocenters. The average molecular weight is 374 g/mol. The summed E-state index contributed by atoms with van der Waals surface area (Å²) < 4.78 is 33.3. The van der Waals surface area contributed by atoms with Gasteiger partial charge in [-0.05, 0) is 49.7 Å². The molecule has 0 radical (unpaired) electrons. The van der Waals surface area contributed by atoms with E-state index in [1.54, 1.807) is 38.1 Å². The molecule has 0 saturated carbocycles. The third-order valence-electron chi connectivity index (χ3n) is 4.18. The van der Waals surface area contributed by atoms with Crippen LogP contribution < -0.4 is 10.5 Å². The van der Waals surface area contributed by atoms with Crippen molar-refractivity contribution >= 4 is 32.6 Å². The lowest BCUT2D eigenvalue weighted by atomic mass is 10.1. The lowest BCUT2D eigenvalue weighted by Crippen LogP contribution is -2.26. The van der Waals surface area contributed by atoms with Gasteiger partial charge < -0.3 is 15.3 Å². The first kappa shape index (κ1) is 18.0. The smallest absolute Gasteiger partial charge is 0.372 e. The van der Waals surface area contributed by atoms with Crippen molar-refractivity contribution < 1.29 is 22.7 Å². The van der Waals surface area contributed by atoms with Crippen molar-refractivity contribution in [3.8, 4) is 0 Å². The number of carboxylic acid groups (broad SMARTS) is 1. The highest BCUT2D eigenvalue weighted by Gasteiger charge is 2.22. The van der Waals surface area contributed by atoms with Gasteiger partial charge in [0.1, 0.15) is 5.58 Å². The van der Waals surface area contributed by atoms with Crippen molar-refractivity contribution in [1.82, 2.24) is 4.72 Å². The van der Waals surface area contributed by atoms with Crippen LogP contribution in [0.15, 0.2) is 51.8 Å². The predicted molar refractivity (Wildman–Crippen MR) is 97.5 cm³/mol. The third-order valence-corrected chi connectivity index (χ3v) is 5.72. The lowest BCUT2D eigenvalue weighted by molar-refractivity contribution is 0.0664. The number of fused-ring (bicyclic) bond motifs is 1. The molecule has 0 fully saturated rings. The van der Waals surface area contributed by atoms with E-state index in [9.17, 15) is 13.2 Å². The van der Waals surface area contributed by atoms with Crippen molar-refractivity contribution in [2.45, 2.75) is 24.8 Å². The van der Waals surface area contributed by atoms with E-state index >= 15 is 0 Å². The van der Waals surface area contributed by atoms with E-state index in [2.05, 4.69) is 4.72 Å². The fourth-order valence-corrected chi connectivity index (χ4v) is 3.98. The Labute approximate surface area is 150 Å². The largest absolute Gasteiger partial charge is 0.475 e. The van der Waals surface area contributed by atoms with Crippen LogP contribution in [-0.4, -0.2) is 19.5 Å². The number of aryl methyl sites for hydroxylation is 1. The number of sulfonamides is 1. The molecule has 8 heteroatoms. The second-order valence-electron chi connectivity index (χ2n) is 6.03. The van der Waals surface area contributed by atoms with Gasteiger partial charge in [0.15, 0.2) is 0 Å². The molecule has 0 amide bonds. The number of aromatic carboxylic acids is 1. The monoisotopic (exact) mass is 374 g/mol. The highest BCUT2D eigenvalue weighted by atomic mass is 32.2. The van der Waals surface area contributed by atoms with E-state index in [0.717, 1.165) is 5.56 Å². The molecule has 1 aromatic heterocycles. The van der Waals surface area contributed by atoms with Crippen molar-refractivity contribution in [3.63, 3.8) is 0 Å². The molecule has 1 heterocycles. The van der Waals surface area contributed by atoms with Crippen molar-refractivity contribution in [2.75, 3.05) is 5.73 Å². The maximum absolute atomic E-state index is 12.7. The van der Waals surface area contributed by atoms with E-state index in [0.29, 0.717) is 22.2 Å². The summed E-state index contributed by atoms with van der Waals surface area (Å²) in [6.07, 6.45) is 0. The summed E-state index contributed by atoms with van der Waals surface area (Å²) in [5.74, 6) is -1.39. The number of rotatable bonds is 5. The molecule has 0 aliphatic rings. The Hall–Kier alpha value is -2.84. The number of nitrogens with one attached hydrogen (secondary N) is 1. The van der Waals surface area contributed by atoms with Crippen LogP contribution in [0.3, 0.4) is 0 Å². The Morgan fingerprint density at radius 2 is 1.85 bits per heavy atom. The summed E-state index contributed by atoms with van der Waals surface area (Å²) in [4.78, 5) is 11.2. The van der Waals surface area contributed by atoms with Gasteiger partial charge in [-0.15, -0.1) is 0 Å². The molecule has 2 aromatic carbocycles. The van der Waals surface area contributed by atoms with Crippen LogP contribution in [0, 0.1) is 6.92 Å². The molecular formula is C18H18N2O5S. The maximum atomic E-state index is 12.7. The van der Waals surface area contributed by atoms with Crippen molar-refractivity contribution in [2.24, 2.45) is 0 Å². The summed E-state index contributed by atoms with van der Waals surface area (Å²) in [5.41, 5.74) is 7.73.